The maximum atomic E-state index is 13.8. The lowest BCUT2D eigenvalue weighted by molar-refractivity contribution is 0.158. The number of unbranched alkanes of at least 4 members (excludes halogenated alkanes) is 2. The van der Waals surface area contributed by atoms with Crippen LogP contribution in [0.4, 0.5) is 18.4 Å². The van der Waals surface area contributed by atoms with E-state index in [1.54, 1.807) is 12.1 Å². The van der Waals surface area contributed by atoms with Crippen LogP contribution in [0.25, 0.3) is 0 Å². The average Bonchev–Trinajstić information content (AvgIpc) is 3.14. The molecule has 1 unspecified atom stereocenters. The number of aromatic amines is 2. The fourth-order valence-electron chi connectivity index (χ4n) is 6.62. The molecule has 1 aliphatic carbocycles. The molecule has 14 nitrogen and oxygen atoms in total. The minimum absolute atomic E-state index is 0.0594. The van der Waals surface area contributed by atoms with Gasteiger partial charge in [-0.1, -0.05) is 43.6 Å². The van der Waals surface area contributed by atoms with Crippen molar-refractivity contribution in [2.45, 2.75) is 91.1 Å². The third-order valence-corrected chi connectivity index (χ3v) is 9.75. The summed E-state index contributed by atoms with van der Waals surface area (Å²) < 4.78 is 41.2. The minimum atomic E-state index is -1.10. The summed E-state index contributed by atoms with van der Waals surface area (Å²) in [5, 5.41) is 0. The van der Waals surface area contributed by atoms with Crippen LogP contribution >= 0.6 is 0 Å². The lowest BCUT2D eigenvalue weighted by Crippen LogP contribution is -2.38. The van der Waals surface area contributed by atoms with Crippen molar-refractivity contribution in [1.29, 1.82) is 0 Å². The zero-order valence-electron chi connectivity index (χ0n) is 32.0. The van der Waals surface area contributed by atoms with Gasteiger partial charge in [0.1, 0.15) is 11.5 Å². The molecule has 298 valence electrons. The van der Waals surface area contributed by atoms with E-state index in [0.29, 0.717) is 24.4 Å². The second-order valence-corrected chi connectivity index (χ2v) is 14.1. The van der Waals surface area contributed by atoms with E-state index in [0.717, 1.165) is 57.9 Å². The van der Waals surface area contributed by atoms with Crippen molar-refractivity contribution in [3.63, 3.8) is 0 Å². The number of nitrogens with one attached hydrogen (secondary N) is 2. The smallest absolute Gasteiger partial charge is 0.410 e. The van der Waals surface area contributed by atoms with Crippen LogP contribution in [0.2, 0.25) is 0 Å². The molecule has 1 aromatic carbocycles. The van der Waals surface area contributed by atoms with Crippen molar-refractivity contribution in [1.82, 2.24) is 28.9 Å². The molecule has 2 amide bonds. The summed E-state index contributed by atoms with van der Waals surface area (Å²) in [5.74, 6) is -2.26. The number of carbonyl (C=O) groups excluding carboxylic acids is 2. The Morgan fingerprint density at radius 3 is 1.80 bits per heavy atom. The Kier molecular flexibility index (Phi) is 14.7. The number of amides is 2. The largest absolute Gasteiger partial charge is 0.414 e. The summed E-state index contributed by atoms with van der Waals surface area (Å²) in [6, 6.07) is 3.57. The Morgan fingerprint density at radius 2 is 1.35 bits per heavy atom. The molecule has 3 aromatic rings. The normalized spacial score (nSPS) is 15.3. The van der Waals surface area contributed by atoms with Gasteiger partial charge in [-0.3, -0.25) is 18.7 Å². The SMILES string of the molecule is C=C(C)[C@@H]1CCC(C)=CC1c1c(OC(=O)N(C)CCCn2c(=O)[nH]cc(F)c2=O)cc(CCCCC)cc1OC(=O)N(C)CCCn1c(=O)[nH]cc(F)c1=O. The number of H-pyrrole nitrogens is 2. The second kappa shape index (κ2) is 19.2. The molecule has 55 heavy (non-hydrogen) atoms. The number of hydrogen-bond donors (Lipinski definition) is 2. The standard InChI is InChI=1S/C39H50F2N6O8/c1-7-8-9-12-26-20-31(54-38(52)44(5)15-10-17-46-34(48)29(40)22-42-36(46)50)33(28-19-25(4)13-14-27(28)24(2)3)32(21-26)55-39(53)45(6)16-11-18-47-35(49)30(41)23-43-37(47)51/h19-23,27-28H,2,7-18H2,1,3-6H3,(H,42,50)(H,43,51)/t27-,28?/m0/s1. The number of halogens is 2. The van der Waals surface area contributed by atoms with E-state index >= 15 is 0 Å². The van der Waals surface area contributed by atoms with E-state index in [-0.39, 0.29) is 62.4 Å². The number of carbonyl (C=O) groups is 2. The molecule has 16 heteroatoms. The minimum Gasteiger partial charge on any atom is -0.410 e. The molecule has 4 rings (SSSR count). The first-order valence-electron chi connectivity index (χ1n) is 18.4. The van der Waals surface area contributed by atoms with E-state index in [1.807, 2.05) is 13.8 Å². The number of ether oxygens (including phenoxy) is 2. The maximum Gasteiger partial charge on any atom is 0.414 e. The van der Waals surface area contributed by atoms with Gasteiger partial charge < -0.3 is 29.2 Å². The molecule has 0 spiro atoms. The number of allylic oxidation sites excluding steroid dienone is 3. The van der Waals surface area contributed by atoms with Crippen molar-refractivity contribution in [2.75, 3.05) is 27.2 Å². The molecule has 2 atom stereocenters. The third-order valence-electron chi connectivity index (χ3n) is 9.75. The molecule has 0 saturated heterocycles. The van der Waals surface area contributed by atoms with Gasteiger partial charge >= 0.3 is 23.6 Å². The van der Waals surface area contributed by atoms with Gasteiger partial charge in [-0.15, -0.1) is 0 Å². The third kappa shape index (κ3) is 10.8. The van der Waals surface area contributed by atoms with Crippen LogP contribution in [0.5, 0.6) is 11.5 Å². The Balaban J connectivity index is 1.66. The molecule has 0 bridgehead atoms. The van der Waals surface area contributed by atoms with Crippen molar-refractivity contribution in [3.05, 3.63) is 113 Å². The number of benzene rings is 1. The summed E-state index contributed by atoms with van der Waals surface area (Å²) in [4.78, 5) is 82.7. The first-order chi connectivity index (χ1) is 26.1. The molecule has 0 fully saturated rings. The molecule has 1 aliphatic rings. The molecule has 0 saturated carbocycles. The Morgan fingerprint density at radius 1 is 0.855 bits per heavy atom. The van der Waals surface area contributed by atoms with Crippen LogP contribution < -0.4 is 32.0 Å². The molecule has 0 aliphatic heterocycles. The van der Waals surface area contributed by atoms with E-state index in [9.17, 15) is 37.5 Å². The van der Waals surface area contributed by atoms with E-state index < -0.39 is 46.3 Å². The van der Waals surface area contributed by atoms with Gasteiger partial charge in [-0.2, -0.15) is 8.78 Å². The van der Waals surface area contributed by atoms with E-state index in [1.165, 1.54) is 23.9 Å². The highest BCUT2D eigenvalue weighted by molar-refractivity contribution is 5.74. The highest BCUT2D eigenvalue weighted by Crippen LogP contribution is 2.47. The predicted molar refractivity (Wildman–Crippen MR) is 203 cm³/mol. The van der Waals surface area contributed by atoms with Gasteiger partial charge in [0.2, 0.25) is 11.6 Å². The Bertz CT molecular complexity index is 2030. The van der Waals surface area contributed by atoms with Gasteiger partial charge in [0.05, 0.1) is 0 Å². The van der Waals surface area contributed by atoms with Gasteiger partial charge in [-0.05, 0) is 76.0 Å². The van der Waals surface area contributed by atoms with Crippen molar-refractivity contribution >= 4 is 12.2 Å². The number of rotatable bonds is 16. The van der Waals surface area contributed by atoms with Gasteiger partial charge in [0.25, 0.3) is 11.1 Å². The summed E-state index contributed by atoms with van der Waals surface area (Å²) in [6.07, 6.45) is 7.18. The molecule has 2 aromatic heterocycles. The molecule has 2 heterocycles. The Hall–Kier alpha value is -5.54. The number of nitrogens with zero attached hydrogens (tertiary/aromatic N) is 4. The first kappa shape index (κ1) is 42.2. The fourth-order valence-corrected chi connectivity index (χ4v) is 6.62. The summed E-state index contributed by atoms with van der Waals surface area (Å²) in [6.45, 7) is 10.1. The topological polar surface area (TPSA) is 169 Å². The fraction of sp³-hybridized carbons (Fsp3) is 0.487. The second-order valence-electron chi connectivity index (χ2n) is 14.1. The average molecular weight is 769 g/mol. The maximum absolute atomic E-state index is 13.8. The van der Waals surface area contributed by atoms with Gasteiger partial charge in [0, 0.05) is 64.1 Å². The lowest BCUT2D eigenvalue weighted by Gasteiger charge is -2.33. The molecular weight excluding hydrogens is 718 g/mol. The Labute approximate surface area is 317 Å². The highest BCUT2D eigenvalue weighted by Gasteiger charge is 2.33. The number of hydrogen-bond acceptors (Lipinski definition) is 8. The molecular formula is C39H50F2N6O8. The van der Waals surface area contributed by atoms with Crippen LogP contribution in [0.15, 0.2) is 67.5 Å². The van der Waals surface area contributed by atoms with Crippen molar-refractivity contribution < 1.29 is 27.8 Å². The summed E-state index contributed by atoms with van der Waals surface area (Å²) >= 11 is 0. The van der Waals surface area contributed by atoms with Crippen LogP contribution in [-0.4, -0.2) is 68.3 Å². The summed E-state index contributed by atoms with van der Waals surface area (Å²) in [5.41, 5.74) is -0.421. The lowest BCUT2D eigenvalue weighted by atomic mass is 9.73. The molecule has 2 N–H and O–H groups in total. The van der Waals surface area contributed by atoms with Crippen LogP contribution in [-0.2, 0) is 19.5 Å². The zero-order chi connectivity index (χ0) is 40.4. The van der Waals surface area contributed by atoms with E-state index in [4.69, 9.17) is 9.47 Å². The number of aromatic nitrogens is 4. The zero-order valence-corrected chi connectivity index (χ0v) is 32.0. The first-order valence-corrected chi connectivity index (χ1v) is 18.4. The van der Waals surface area contributed by atoms with Crippen molar-refractivity contribution in [3.8, 4) is 11.5 Å². The van der Waals surface area contributed by atoms with Crippen molar-refractivity contribution in [2.24, 2.45) is 5.92 Å². The van der Waals surface area contributed by atoms with Gasteiger partial charge in [0.15, 0.2) is 0 Å². The molecule has 0 radical (unpaired) electrons. The van der Waals surface area contributed by atoms with Crippen LogP contribution in [0.3, 0.4) is 0 Å². The van der Waals surface area contributed by atoms with Crippen LogP contribution in [0.1, 0.15) is 82.8 Å². The summed E-state index contributed by atoms with van der Waals surface area (Å²) in [7, 11) is 2.99. The van der Waals surface area contributed by atoms with E-state index in [2.05, 4.69) is 29.5 Å². The highest BCUT2D eigenvalue weighted by atomic mass is 19.1. The van der Waals surface area contributed by atoms with Crippen LogP contribution in [0, 0.1) is 17.6 Å². The number of aryl methyl sites for hydroxylation is 1. The van der Waals surface area contributed by atoms with Gasteiger partial charge in [-0.25, -0.2) is 19.2 Å². The predicted octanol–water partition coefficient (Wildman–Crippen LogP) is 5.46. The quantitative estimate of drug-likeness (QED) is 0.143. The monoisotopic (exact) mass is 768 g/mol.